The van der Waals surface area contributed by atoms with Crippen LogP contribution in [-0.2, 0) is 9.53 Å². The topological polar surface area (TPSA) is 26.3 Å². The largest absolute Gasteiger partial charge is 0.461 e. The van der Waals surface area contributed by atoms with Crippen LogP contribution in [-0.4, -0.2) is 15.5 Å². The van der Waals surface area contributed by atoms with Gasteiger partial charge in [0, 0.05) is 9.84 Å². The third-order valence-electron chi connectivity index (χ3n) is 4.23. The molecule has 4 aliphatic carbocycles. The third kappa shape index (κ3) is 1.31. The lowest BCUT2D eigenvalue weighted by atomic mass is 9.54. The first-order valence-electron chi connectivity index (χ1n) is 5.44. The monoisotopic (exact) mass is 306 g/mol. The molecule has 3 heteroatoms. The molecule has 4 bridgehead atoms. The van der Waals surface area contributed by atoms with Crippen molar-refractivity contribution in [1.29, 1.82) is 0 Å². The number of carbonyl (C=O) groups is 1. The van der Waals surface area contributed by atoms with Crippen LogP contribution in [0.2, 0.25) is 0 Å². The standard InChI is InChI=1S/C11H15IO2/c12-10-2-8-1-9(3-10)5-11(4-8,6-10)14-7-13/h7-9H,1-6H2. The van der Waals surface area contributed by atoms with Gasteiger partial charge in [0.1, 0.15) is 5.60 Å². The van der Waals surface area contributed by atoms with E-state index in [1.165, 1.54) is 19.3 Å². The van der Waals surface area contributed by atoms with Gasteiger partial charge in [-0.15, -0.1) is 0 Å². The van der Waals surface area contributed by atoms with Crippen LogP contribution in [0.4, 0.5) is 0 Å². The molecule has 78 valence electrons. The van der Waals surface area contributed by atoms with Gasteiger partial charge in [-0.05, 0) is 43.9 Å². The Kier molecular flexibility index (Phi) is 1.93. The van der Waals surface area contributed by atoms with Crippen LogP contribution in [0, 0.1) is 11.8 Å². The van der Waals surface area contributed by atoms with E-state index in [1.807, 2.05) is 0 Å². The summed E-state index contributed by atoms with van der Waals surface area (Å²) >= 11 is 2.62. The fourth-order valence-electron chi connectivity index (χ4n) is 4.31. The van der Waals surface area contributed by atoms with Gasteiger partial charge in [-0.25, -0.2) is 0 Å². The molecule has 2 atom stereocenters. The summed E-state index contributed by atoms with van der Waals surface area (Å²) < 4.78 is 5.87. The molecule has 4 fully saturated rings. The molecule has 0 aromatic carbocycles. The normalized spacial score (nSPS) is 54.6. The van der Waals surface area contributed by atoms with Crippen LogP contribution in [0.15, 0.2) is 0 Å². The summed E-state index contributed by atoms with van der Waals surface area (Å²) in [4.78, 5) is 10.6. The summed E-state index contributed by atoms with van der Waals surface area (Å²) in [5, 5.41) is 0. The first kappa shape index (κ1) is 9.43. The number of hydrogen-bond acceptors (Lipinski definition) is 2. The van der Waals surface area contributed by atoms with Crippen LogP contribution >= 0.6 is 22.6 Å². The van der Waals surface area contributed by atoms with E-state index < -0.39 is 0 Å². The minimum Gasteiger partial charge on any atom is -0.461 e. The summed E-state index contributed by atoms with van der Waals surface area (Å²) in [5.41, 5.74) is -0.0625. The fourth-order valence-corrected chi connectivity index (χ4v) is 6.25. The van der Waals surface area contributed by atoms with E-state index in [0.29, 0.717) is 9.89 Å². The van der Waals surface area contributed by atoms with E-state index in [4.69, 9.17) is 4.74 Å². The van der Waals surface area contributed by atoms with Crippen molar-refractivity contribution in [3.8, 4) is 0 Å². The summed E-state index contributed by atoms with van der Waals surface area (Å²) in [6.07, 6.45) is 7.46. The average Bonchev–Trinajstić information content (AvgIpc) is 1.97. The molecule has 0 aromatic heterocycles. The highest BCUT2D eigenvalue weighted by molar-refractivity contribution is 14.1. The maximum atomic E-state index is 10.6. The van der Waals surface area contributed by atoms with Crippen LogP contribution in [0.5, 0.6) is 0 Å². The molecular formula is C11H15IO2. The van der Waals surface area contributed by atoms with E-state index in [2.05, 4.69) is 22.6 Å². The summed E-state index contributed by atoms with van der Waals surface area (Å²) in [7, 11) is 0. The number of ether oxygens (including phenoxy) is 1. The van der Waals surface area contributed by atoms with E-state index in [1.54, 1.807) is 0 Å². The predicted molar refractivity (Wildman–Crippen MR) is 61.3 cm³/mol. The van der Waals surface area contributed by atoms with Gasteiger partial charge < -0.3 is 4.74 Å². The van der Waals surface area contributed by atoms with Crippen molar-refractivity contribution in [2.24, 2.45) is 11.8 Å². The zero-order valence-electron chi connectivity index (χ0n) is 8.17. The molecule has 4 saturated carbocycles. The summed E-state index contributed by atoms with van der Waals surface area (Å²) in [6.45, 7) is 0.674. The molecule has 0 aromatic rings. The Labute approximate surface area is 97.9 Å². The lowest BCUT2D eigenvalue weighted by Crippen LogP contribution is -2.57. The van der Waals surface area contributed by atoms with Crippen LogP contribution in [0.1, 0.15) is 38.5 Å². The van der Waals surface area contributed by atoms with Gasteiger partial charge in [0.2, 0.25) is 0 Å². The van der Waals surface area contributed by atoms with Gasteiger partial charge in [0.05, 0.1) is 0 Å². The Morgan fingerprint density at radius 1 is 1.21 bits per heavy atom. The number of rotatable bonds is 2. The lowest BCUT2D eigenvalue weighted by molar-refractivity contribution is -0.167. The van der Waals surface area contributed by atoms with Crippen molar-refractivity contribution >= 4 is 29.1 Å². The number of alkyl halides is 1. The average molecular weight is 306 g/mol. The molecule has 0 spiro atoms. The molecule has 0 heterocycles. The summed E-state index contributed by atoms with van der Waals surface area (Å²) in [5.74, 6) is 1.65. The van der Waals surface area contributed by atoms with Crippen molar-refractivity contribution in [1.82, 2.24) is 0 Å². The predicted octanol–water partition coefficient (Wildman–Crippen LogP) is 2.69. The Morgan fingerprint density at radius 2 is 1.86 bits per heavy atom. The van der Waals surface area contributed by atoms with Crippen molar-refractivity contribution < 1.29 is 9.53 Å². The highest BCUT2D eigenvalue weighted by Crippen LogP contribution is 2.61. The van der Waals surface area contributed by atoms with Gasteiger partial charge >= 0.3 is 0 Å². The quantitative estimate of drug-likeness (QED) is 0.445. The van der Waals surface area contributed by atoms with E-state index in [-0.39, 0.29) is 5.60 Å². The molecule has 14 heavy (non-hydrogen) atoms. The SMILES string of the molecule is O=COC12CC3CC(CC(I)(C3)C1)C2. The number of hydrogen-bond donors (Lipinski definition) is 0. The van der Waals surface area contributed by atoms with Gasteiger partial charge in [0.15, 0.2) is 0 Å². The Hall–Kier alpha value is 0.200. The first-order valence-corrected chi connectivity index (χ1v) is 6.51. The van der Waals surface area contributed by atoms with E-state index >= 15 is 0 Å². The minimum atomic E-state index is -0.0625. The number of halogens is 1. The maximum absolute atomic E-state index is 10.6. The minimum absolute atomic E-state index is 0.0625. The number of carbonyl (C=O) groups excluding carboxylic acids is 1. The third-order valence-corrected chi connectivity index (χ3v) is 5.50. The highest BCUT2D eigenvalue weighted by Gasteiger charge is 2.58. The second-order valence-corrected chi connectivity index (χ2v) is 7.80. The molecule has 0 saturated heterocycles. The van der Waals surface area contributed by atoms with Gasteiger partial charge in [-0.1, -0.05) is 22.6 Å². The van der Waals surface area contributed by atoms with Crippen LogP contribution < -0.4 is 0 Å². The molecule has 0 amide bonds. The van der Waals surface area contributed by atoms with Gasteiger partial charge in [-0.3, -0.25) is 4.79 Å². The van der Waals surface area contributed by atoms with Crippen molar-refractivity contribution in [3.63, 3.8) is 0 Å². The maximum Gasteiger partial charge on any atom is 0.293 e. The summed E-state index contributed by atoms with van der Waals surface area (Å²) in [6, 6.07) is 0. The Morgan fingerprint density at radius 3 is 2.36 bits per heavy atom. The fraction of sp³-hybridized carbons (Fsp3) is 0.909. The van der Waals surface area contributed by atoms with Crippen molar-refractivity contribution in [2.75, 3.05) is 0 Å². The van der Waals surface area contributed by atoms with Crippen LogP contribution in [0.25, 0.3) is 0 Å². The zero-order valence-corrected chi connectivity index (χ0v) is 10.3. The first-order chi connectivity index (χ1) is 6.63. The van der Waals surface area contributed by atoms with Gasteiger partial charge in [0.25, 0.3) is 6.47 Å². The van der Waals surface area contributed by atoms with Crippen molar-refractivity contribution in [3.05, 3.63) is 0 Å². The smallest absolute Gasteiger partial charge is 0.293 e. The molecule has 0 aliphatic heterocycles. The van der Waals surface area contributed by atoms with Crippen LogP contribution in [0.3, 0.4) is 0 Å². The second kappa shape index (κ2) is 2.86. The lowest BCUT2D eigenvalue weighted by Gasteiger charge is -2.59. The molecule has 0 N–H and O–H groups in total. The molecule has 4 rings (SSSR count). The highest BCUT2D eigenvalue weighted by atomic mass is 127. The second-order valence-electron chi connectivity index (χ2n) is 5.51. The zero-order chi connectivity index (χ0) is 9.81. The molecule has 2 nitrogen and oxygen atoms in total. The molecular weight excluding hydrogens is 291 g/mol. The Balaban J connectivity index is 1.92. The van der Waals surface area contributed by atoms with Gasteiger partial charge in [-0.2, -0.15) is 0 Å². The Bertz CT molecular complexity index is 262. The molecule has 4 aliphatic rings. The molecule has 0 radical (unpaired) electrons. The molecule has 2 unspecified atom stereocenters. The van der Waals surface area contributed by atoms with E-state index in [0.717, 1.165) is 31.1 Å². The van der Waals surface area contributed by atoms with E-state index in [9.17, 15) is 4.79 Å². The van der Waals surface area contributed by atoms with Crippen molar-refractivity contribution in [2.45, 2.75) is 47.5 Å².